The highest BCUT2D eigenvalue weighted by Gasteiger charge is 2.21. The Balaban J connectivity index is 2.89. The lowest BCUT2D eigenvalue weighted by atomic mass is 9.94. The first kappa shape index (κ1) is 13.9. The molecule has 2 unspecified atom stereocenters. The van der Waals surface area contributed by atoms with Crippen molar-refractivity contribution in [1.29, 1.82) is 0 Å². The van der Waals surface area contributed by atoms with E-state index in [9.17, 15) is 9.50 Å². The highest BCUT2D eigenvalue weighted by molar-refractivity contribution is 5.31. The number of halogens is 1. The zero-order valence-corrected chi connectivity index (χ0v) is 10.5. The molecule has 3 N–H and O–H groups in total. The highest BCUT2D eigenvalue weighted by atomic mass is 19.1. The molecule has 2 atom stereocenters. The van der Waals surface area contributed by atoms with Crippen LogP contribution in [0.2, 0.25) is 0 Å². The van der Waals surface area contributed by atoms with E-state index in [1.165, 1.54) is 12.1 Å². The van der Waals surface area contributed by atoms with Crippen LogP contribution in [0.4, 0.5) is 4.39 Å². The Morgan fingerprint density at radius 3 is 2.53 bits per heavy atom. The predicted octanol–water partition coefficient (Wildman–Crippen LogP) is 2.24. The Morgan fingerprint density at radius 2 is 2.06 bits per heavy atom. The molecule has 17 heavy (non-hydrogen) atoms. The van der Waals surface area contributed by atoms with Crippen molar-refractivity contribution in [2.24, 2.45) is 11.7 Å². The first-order chi connectivity index (χ1) is 7.97. The van der Waals surface area contributed by atoms with Crippen molar-refractivity contribution in [3.63, 3.8) is 0 Å². The molecule has 0 fully saturated rings. The topological polar surface area (TPSA) is 55.5 Å². The number of rotatable bonds is 5. The lowest BCUT2D eigenvalue weighted by Crippen LogP contribution is -2.33. The molecule has 1 aromatic carbocycles. The minimum Gasteiger partial charge on any atom is -0.491 e. The summed E-state index contributed by atoms with van der Waals surface area (Å²) in [6.45, 7) is 6.03. The molecule has 0 amide bonds. The normalized spacial score (nSPS) is 14.8. The first-order valence-corrected chi connectivity index (χ1v) is 5.83. The van der Waals surface area contributed by atoms with E-state index in [4.69, 9.17) is 10.5 Å². The van der Waals surface area contributed by atoms with Gasteiger partial charge in [0.2, 0.25) is 0 Å². The number of hydrogen-bond acceptors (Lipinski definition) is 3. The number of ether oxygens (including phenoxy) is 1. The summed E-state index contributed by atoms with van der Waals surface area (Å²) in [5.41, 5.74) is 6.31. The minimum atomic E-state index is -0.861. The SMILES string of the molecule is CCOc1ccc(C(O)C(N)C(C)C)cc1F. The number of aliphatic hydroxyl groups is 1. The van der Waals surface area contributed by atoms with Crippen molar-refractivity contribution in [2.75, 3.05) is 6.61 Å². The molecule has 0 saturated carbocycles. The summed E-state index contributed by atoms with van der Waals surface area (Å²) in [4.78, 5) is 0. The van der Waals surface area contributed by atoms with E-state index < -0.39 is 18.0 Å². The van der Waals surface area contributed by atoms with E-state index in [0.29, 0.717) is 12.2 Å². The second kappa shape index (κ2) is 5.98. The molecule has 0 saturated heterocycles. The fraction of sp³-hybridized carbons (Fsp3) is 0.538. The summed E-state index contributed by atoms with van der Waals surface area (Å²) in [5, 5.41) is 9.97. The van der Waals surface area contributed by atoms with Crippen LogP contribution < -0.4 is 10.5 Å². The van der Waals surface area contributed by atoms with Gasteiger partial charge in [-0.15, -0.1) is 0 Å². The van der Waals surface area contributed by atoms with Crippen LogP contribution in [0, 0.1) is 11.7 Å². The Hall–Kier alpha value is -1.13. The fourth-order valence-electron chi connectivity index (χ4n) is 1.56. The van der Waals surface area contributed by atoms with Gasteiger partial charge in [0.05, 0.1) is 12.7 Å². The maximum Gasteiger partial charge on any atom is 0.165 e. The van der Waals surface area contributed by atoms with Crippen LogP contribution in [0.5, 0.6) is 5.75 Å². The minimum absolute atomic E-state index is 0.125. The van der Waals surface area contributed by atoms with Gasteiger partial charge >= 0.3 is 0 Å². The molecule has 0 aromatic heterocycles. The van der Waals surface area contributed by atoms with Gasteiger partial charge in [-0.3, -0.25) is 0 Å². The zero-order chi connectivity index (χ0) is 13.0. The second-order valence-corrected chi connectivity index (χ2v) is 4.39. The molecule has 96 valence electrons. The third-order valence-electron chi connectivity index (χ3n) is 2.73. The molecule has 0 aliphatic rings. The summed E-state index contributed by atoms with van der Waals surface area (Å²) in [5.74, 6) is -0.152. The van der Waals surface area contributed by atoms with E-state index in [1.807, 2.05) is 13.8 Å². The maximum atomic E-state index is 13.6. The van der Waals surface area contributed by atoms with Gasteiger partial charge in [-0.2, -0.15) is 0 Å². The van der Waals surface area contributed by atoms with Gasteiger partial charge < -0.3 is 15.6 Å². The molecule has 0 radical (unpaired) electrons. The van der Waals surface area contributed by atoms with Gasteiger partial charge in [-0.1, -0.05) is 19.9 Å². The zero-order valence-electron chi connectivity index (χ0n) is 10.5. The lowest BCUT2D eigenvalue weighted by Gasteiger charge is -2.22. The fourth-order valence-corrected chi connectivity index (χ4v) is 1.56. The standard InChI is InChI=1S/C13H20FNO2/c1-4-17-11-6-5-9(7-10(11)14)13(16)12(15)8(2)3/h5-8,12-13,16H,4,15H2,1-3H3. The number of hydrogen-bond donors (Lipinski definition) is 2. The molecular formula is C13H20FNO2. The van der Waals surface area contributed by atoms with Gasteiger partial charge in [0, 0.05) is 6.04 Å². The molecule has 0 heterocycles. The lowest BCUT2D eigenvalue weighted by molar-refractivity contribution is 0.125. The summed E-state index contributed by atoms with van der Waals surface area (Å²) in [7, 11) is 0. The Bertz CT molecular complexity index is 368. The molecular weight excluding hydrogens is 221 g/mol. The Labute approximate surface area is 101 Å². The third-order valence-corrected chi connectivity index (χ3v) is 2.73. The van der Waals surface area contributed by atoms with E-state index in [2.05, 4.69) is 0 Å². The monoisotopic (exact) mass is 241 g/mol. The molecule has 0 spiro atoms. The van der Waals surface area contributed by atoms with Gasteiger partial charge in [0.25, 0.3) is 0 Å². The van der Waals surface area contributed by atoms with Gasteiger partial charge in [0.15, 0.2) is 11.6 Å². The summed E-state index contributed by atoms with van der Waals surface area (Å²) < 4.78 is 18.7. The Morgan fingerprint density at radius 1 is 1.41 bits per heavy atom. The van der Waals surface area contributed by atoms with Crippen molar-refractivity contribution in [2.45, 2.75) is 32.9 Å². The molecule has 0 bridgehead atoms. The number of nitrogens with two attached hydrogens (primary N) is 1. The van der Waals surface area contributed by atoms with Crippen molar-refractivity contribution >= 4 is 0 Å². The quantitative estimate of drug-likeness (QED) is 0.831. The molecule has 0 aliphatic carbocycles. The molecule has 1 rings (SSSR count). The number of aliphatic hydroxyl groups excluding tert-OH is 1. The van der Waals surface area contributed by atoms with Gasteiger partial charge in [-0.05, 0) is 30.5 Å². The van der Waals surface area contributed by atoms with E-state index >= 15 is 0 Å². The summed E-state index contributed by atoms with van der Waals surface area (Å²) in [6, 6.07) is 4.02. The van der Waals surface area contributed by atoms with Crippen molar-refractivity contribution in [1.82, 2.24) is 0 Å². The summed E-state index contributed by atoms with van der Waals surface area (Å²) >= 11 is 0. The smallest absolute Gasteiger partial charge is 0.165 e. The maximum absolute atomic E-state index is 13.6. The molecule has 4 heteroatoms. The van der Waals surface area contributed by atoms with Crippen molar-refractivity contribution in [3.8, 4) is 5.75 Å². The van der Waals surface area contributed by atoms with Gasteiger partial charge in [-0.25, -0.2) is 4.39 Å². The largest absolute Gasteiger partial charge is 0.491 e. The molecule has 0 aliphatic heterocycles. The van der Waals surface area contributed by atoms with Crippen LogP contribution in [0.3, 0.4) is 0 Å². The van der Waals surface area contributed by atoms with Crippen LogP contribution in [-0.2, 0) is 0 Å². The molecule has 1 aromatic rings. The van der Waals surface area contributed by atoms with Crippen molar-refractivity contribution in [3.05, 3.63) is 29.6 Å². The molecule has 3 nitrogen and oxygen atoms in total. The predicted molar refractivity (Wildman–Crippen MR) is 65.3 cm³/mol. The second-order valence-electron chi connectivity index (χ2n) is 4.39. The van der Waals surface area contributed by atoms with Crippen LogP contribution in [-0.4, -0.2) is 17.8 Å². The van der Waals surface area contributed by atoms with E-state index in [1.54, 1.807) is 13.0 Å². The van der Waals surface area contributed by atoms with Crippen LogP contribution in [0.25, 0.3) is 0 Å². The van der Waals surface area contributed by atoms with Gasteiger partial charge in [0.1, 0.15) is 0 Å². The Kier molecular flexibility index (Phi) is 4.90. The highest BCUT2D eigenvalue weighted by Crippen LogP contribution is 2.25. The number of benzene rings is 1. The summed E-state index contributed by atoms with van der Waals surface area (Å²) in [6.07, 6.45) is -0.861. The third kappa shape index (κ3) is 3.41. The van der Waals surface area contributed by atoms with Crippen LogP contribution >= 0.6 is 0 Å². The van der Waals surface area contributed by atoms with Crippen LogP contribution in [0.15, 0.2) is 18.2 Å². The average molecular weight is 241 g/mol. The van der Waals surface area contributed by atoms with Crippen molar-refractivity contribution < 1.29 is 14.2 Å². The van der Waals surface area contributed by atoms with E-state index in [0.717, 1.165) is 0 Å². The van der Waals surface area contributed by atoms with Crippen LogP contribution in [0.1, 0.15) is 32.4 Å². The first-order valence-electron chi connectivity index (χ1n) is 5.83. The van der Waals surface area contributed by atoms with E-state index in [-0.39, 0.29) is 11.7 Å². The average Bonchev–Trinajstić information content (AvgIpc) is 2.30.